The van der Waals surface area contributed by atoms with E-state index in [0.717, 1.165) is 0 Å². The van der Waals surface area contributed by atoms with E-state index in [0.29, 0.717) is 0 Å². The molecule has 0 spiro atoms. The summed E-state index contributed by atoms with van der Waals surface area (Å²) in [7, 11) is 0. The van der Waals surface area contributed by atoms with Gasteiger partial charge in [0.25, 0.3) is 0 Å². The van der Waals surface area contributed by atoms with E-state index in [2.05, 4.69) is 20.9 Å². The molecular weight excluding hydrogens is 510 g/mol. The molecule has 0 aromatic heterocycles. The number of nitrogens with one attached hydrogen (secondary N) is 3. The number of carboxylic acids is 2. The minimum atomic E-state index is -1.75. The summed E-state index contributed by atoms with van der Waals surface area (Å²) in [6.07, 6.45) is -1.97. The van der Waals surface area contributed by atoms with E-state index >= 15 is 0 Å². The number of nitrogens with two attached hydrogens (primary N) is 5. The summed E-state index contributed by atoms with van der Waals surface area (Å²) in [5, 5.41) is 25.1. The summed E-state index contributed by atoms with van der Waals surface area (Å²) in [6.45, 7) is 0.0695. The van der Waals surface area contributed by atoms with Gasteiger partial charge in [-0.3, -0.25) is 33.8 Å². The minimum Gasteiger partial charge on any atom is -0.481 e. The lowest BCUT2D eigenvalue weighted by atomic mass is 10.1. The largest absolute Gasteiger partial charge is 0.481 e. The fourth-order valence-electron chi connectivity index (χ4n) is 2.95. The number of guanidine groups is 1. The summed E-state index contributed by atoms with van der Waals surface area (Å²) >= 11 is 0. The van der Waals surface area contributed by atoms with Gasteiger partial charge in [-0.1, -0.05) is 0 Å². The Morgan fingerprint density at radius 3 is 1.68 bits per heavy atom. The van der Waals surface area contributed by atoms with Crippen LogP contribution < -0.4 is 44.6 Å². The van der Waals surface area contributed by atoms with Crippen LogP contribution in [-0.4, -0.2) is 88.4 Å². The average molecular weight is 546 g/mol. The third-order valence-corrected chi connectivity index (χ3v) is 4.92. The van der Waals surface area contributed by atoms with Gasteiger partial charge in [0.05, 0.1) is 12.5 Å². The van der Waals surface area contributed by atoms with Crippen LogP contribution in [0.1, 0.15) is 44.9 Å². The van der Waals surface area contributed by atoms with Crippen LogP contribution in [0.3, 0.4) is 0 Å². The van der Waals surface area contributed by atoms with Crippen LogP contribution in [0.4, 0.5) is 0 Å². The zero-order chi connectivity index (χ0) is 29.4. The molecule has 0 radical (unpaired) electrons. The molecule has 0 heterocycles. The highest BCUT2D eigenvalue weighted by Crippen LogP contribution is 2.05. The van der Waals surface area contributed by atoms with Gasteiger partial charge in [0.15, 0.2) is 5.96 Å². The van der Waals surface area contributed by atoms with E-state index in [1.54, 1.807) is 0 Å². The SMILES string of the molecule is NC(=O)CCC(N)C(=O)NC(CCC(N)=O)C(=O)NC(CC(=O)O)C(=O)NC(CCCN=C(N)N)C(=O)O. The molecule has 18 nitrogen and oxygen atoms in total. The highest BCUT2D eigenvalue weighted by Gasteiger charge is 2.31. The van der Waals surface area contributed by atoms with Gasteiger partial charge in [0, 0.05) is 19.4 Å². The lowest BCUT2D eigenvalue weighted by Gasteiger charge is -2.24. The second-order valence-corrected chi connectivity index (χ2v) is 8.18. The predicted molar refractivity (Wildman–Crippen MR) is 130 cm³/mol. The van der Waals surface area contributed by atoms with Crippen LogP contribution >= 0.6 is 0 Å². The van der Waals surface area contributed by atoms with Gasteiger partial charge in [-0.25, -0.2) is 4.79 Å². The van der Waals surface area contributed by atoms with Crippen LogP contribution in [0, 0.1) is 0 Å². The van der Waals surface area contributed by atoms with Crippen molar-refractivity contribution < 1.29 is 43.8 Å². The molecule has 0 rings (SSSR count). The van der Waals surface area contributed by atoms with Crippen LogP contribution in [-0.2, 0) is 33.6 Å². The second kappa shape index (κ2) is 17.1. The van der Waals surface area contributed by atoms with E-state index in [1.807, 2.05) is 0 Å². The van der Waals surface area contributed by atoms with Crippen molar-refractivity contribution in [2.24, 2.45) is 33.7 Å². The van der Waals surface area contributed by atoms with Crippen molar-refractivity contribution in [1.29, 1.82) is 0 Å². The Morgan fingerprint density at radius 1 is 0.684 bits per heavy atom. The van der Waals surface area contributed by atoms with Crippen LogP contribution in [0.15, 0.2) is 4.99 Å². The van der Waals surface area contributed by atoms with Gasteiger partial charge < -0.3 is 54.8 Å². The molecule has 5 amide bonds. The van der Waals surface area contributed by atoms with Crippen molar-refractivity contribution in [2.75, 3.05) is 6.54 Å². The van der Waals surface area contributed by atoms with Crippen LogP contribution in [0.25, 0.3) is 0 Å². The average Bonchev–Trinajstić information content (AvgIpc) is 2.80. The molecule has 0 aliphatic heterocycles. The third kappa shape index (κ3) is 14.8. The molecule has 0 saturated heterocycles. The molecule has 0 bridgehead atoms. The predicted octanol–water partition coefficient (Wildman–Crippen LogP) is -5.09. The molecule has 18 heteroatoms. The number of rotatable bonds is 19. The Kier molecular flexibility index (Phi) is 15.0. The van der Waals surface area contributed by atoms with Gasteiger partial charge in [-0.2, -0.15) is 0 Å². The zero-order valence-corrected chi connectivity index (χ0v) is 20.6. The van der Waals surface area contributed by atoms with E-state index in [1.165, 1.54) is 0 Å². The van der Waals surface area contributed by atoms with Gasteiger partial charge in [-0.05, 0) is 25.7 Å². The lowest BCUT2D eigenvalue weighted by molar-refractivity contribution is -0.143. The first-order valence-corrected chi connectivity index (χ1v) is 11.4. The number of aliphatic carboxylic acids is 2. The quantitative estimate of drug-likeness (QED) is 0.0414. The Labute approximate surface area is 217 Å². The molecule has 0 aliphatic rings. The first kappa shape index (κ1) is 33.5. The molecule has 4 unspecified atom stereocenters. The number of hydrogen-bond donors (Lipinski definition) is 10. The van der Waals surface area contributed by atoms with Crippen molar-refractivity contribution in [1.82, 2.24) is 16.0 Å². The molecular formula is C20H35N9O9. The second-order valence-electron chi connectivity index (χ2n) is 8.18. The molecule has 0 aromatic carbocycles. The first-order valence-electron chi connectivity index (χ1n) is 11.4. The summed E-state index contributed by atoms with van der Waals surface area (Å²) < 4.78 is 0. The summed E-state index contributed by atoms with van der Waals surface area (Å²) in [5.41, 5.74) is 26.2. The molecule has 38 heavy (non-hydrogen) atoms. The lowest BCUT2D eigenvalue weighted by Crippen LogP contribution is -2.57. The summed E-state index contributed by atoms with van der Waals surface area (Å²) in [5.74, 6) is -7.76. The van der Waals surface area contributed by atoms with E-state index in [4.69, 9.17) is 28.7 Å². The number of hydrogen-bond acceptors (Lipinski definition) is 9. The smallest absolute Gasteiger partial charge is 0.326 e. The molecule has 0 saturated carbocycles. The Hall–Kier alpha value is -4.48. The van der Waals surface area contributed by atoms with Crippen molar-refractivity contribution >= 4 is 47.4 Å². The molecule has 15 N–H and O–H groups in total. The Bertz CT molecular complexity index is 922. The molecule has 214 valence electrons. The van der Waals surface area contributed by atoms with Crippen molar-refractivity contribution in [3.8, 4) is 0 Å². The normalized spacial score (nSPS) is 13.6. The highest BCUT2D eigenvalue weighted by atomic mass is 16.4. The highest BCUT2D eigenvalue weighted by molar-refractivity contribution is 5.95. The minimum absolute atomic E-state index is 0.0695. The van der Waals surface area contributed by atoms with Crippen LogP contribution in [0.5, 0.6) is 0 Å². The number of aliphatic imine (C=N–C) groups is 1. The summed E-state index contributed by atoms with van der Waals surface area (Å²) in [4.78, 5) is 86.5. The molecule has 4 atom stereocenters. The van der Waals surface area contributed by atoms with Gasteiger partial charge in [-0.15, -0.1) is 0 Å². The standard InChI is InChI=1S/C20H35N9O9/c21-9(3-5-13(22)30)16(34)27-10(4-6-14(23)31)17(35)29-12(8-15(32)33)18(36)28-11(19(37)38)2-1-7-26-20(24)25/h9-12H,1-8,21H2,(H2,22,30)(H2,23,31)(H,27,34)(H,28,36)(H,29,35)(H,32,33)(H,37,38)(H4,24,25,26). The van der Waals surface area contributed by atoms with Gasteiger partial charge in [0.1, 0.15) is 18.1 Å². The maximum Gasteiger partial charge on any atom is 0.326 e. The summed E-state index contributed by atoms with van der Waals surface area (Å²) in [6, 6.07) is -5.94. The van der Waals surface area contributed by atoms with Crippen LogP contribution in [0.2, 0.25) is 0 Å². The van der Waals surface area contributed by atoms with E-state index < -0.39 is 72.1 Å². The Balaban J connectivity index is 5.55. The van der Waals surface area contributed by atoms with Crippen molar-refractivity contribution in [3.63, 3.8) is 0 Å². The fraction of sp³-hybridized carbons (Fsp3) is 0.600. The maximum atomic E-state index is 12.9. The number of nitrogens with zero attached hydrogens (tertiary/aromatic N) is 1. The van der Waals surface area contributed by atoms with Crippen molar-refractivity contribution in [2.45, 2.75) is 69.1 Å². The van der Waals surface area contributed by atoms with Gasteiger partial charge >= 0.3 is 11.9 Å². The fourth-order valence-corrected chi connectivity index (χ4v) is 2.95. The maximum absolute atomic E-state index is 12.9. The topological polar surface area (TPSA) is 338 Å². The number of amides is 5. The van der Waals surface area contributed by atoms with E-state index in [9.17, 15) is 43.8 Å². The monoisotopic (exact) mass is 545 g/mol. The number of primary amides is 2. The zero-order valence-electron chi connectivity index (χ0n) is 20.6. The first-order chi connectivity index (χ1) is 17.6. The van der Waals surface area contributed by atoms with Crippen molar-refractivity contribution in [3.05, 3.63) is 0 Å². The Morgan fingerprint density at radius 2 is 1.18 bits per heavy atom. The molecule has 0 fully saturated rings. The van der Waals surface area contributed by atoms with E-state index in [-0.39, 0.29) is 51.0 Å². The number of carbonyl (C=O) groups excluding carboxylic acids is 5. The molecule has 0 aliphatic carbocycles. The number of carboxylic acid groups (broad SMARTS) is 2. The van der Waals surface area contributed by atoms with Gasteiger partial charge in [0.2, 0.25) is 29.5 Å². The molecule has 0 aromatic rings. The third-order valence-electron chi connectivity index (χ3n) is 4.92. The number of carbonyl (C=O) groups is 7.